The average Bonchev–Trinajstić information content (AvgIpc) is 2.06. The van der Waals surface area contributed by atoms with Gasteiger partial charge in [0.05, 0.1) is 11.6 Å². The monoisotopic (exact) mass is 146 g/mol. The van der Waals surface area contributed by atoms with Crippen LogP contribution in [0.3, 0.4) is 0 Å². The topological polar surface area (TPSA) is 53.8 Å². The zero-order valence-electron chi connectivity index (χ0n) is 5.82. The second-order valence-electron chi connectivity index (χ2n) is 2.02. The van der Waals surface area contributed by atoms with Gasteiger partial charge in [-0.05, 0) is 11.6 Å². The number of hydrogen-bond donors (Lipinski definition) is 0. The first-order valence-corrected chi connectivity index (χ1v) is 3.15. The van der Waals surface area contributed by atoms with Crippen molar-refractivity contribution < 1.29 is 4.79 Å². The van der Waals surface area contributed by atoms with Gasteiger partial charge in [0.2, 0.25) is 0 Å². The van der Waals surface area contributed by atoms with Gasteiger partial charge in [-0.2, -0.15) is 5.26 Å². The fourth-order valence-corrected chi connectivity index (χ4v) is 0.789. The summed E-state index contributed by atoms with van der Waals surface area (Å²) in [4.78, 5) is 13.9. The molecule has 0 aromatic carbocycles. The second kappa shape index (κ2) is 3.47. The Kier molecular flexibility index (Phi) is 2.34. The normalized spacial score (nSPS) is 8.64. The number of carbonyl (C=O) groups excluding carboxylic acids is 1. The minimum atomic E-state index is 0.261. The van der Waals surface area contributed by atoms with Crippen molar-refractivity contribution in [2.45, 2.75) is 6.42 Å². The van der Waals surface area contributed by atoms with Crippen molar-refractivity contribution in [2.24, 2.45) is 0 Å². The molecule has 0 unspecified atom stereocenters. The van der Waals surface area contributed by atoms with Gasteiger partial charge in [0.15, 0.2) is 0 Å². The Morgan fingerprint density at radius 2 is 2.55 bits per heavy atom. The van der Waals surface area contributed by atoms with Crippen LogP contribution in [0.1, 0.15) is 11.1 Å². The van der Waals surface area contributed by atoms with E-state index in [4.69, 9.17) is 5.26 Å². The number of pyridine rings is 1. The van der Waals surface area contributed by atoms with Crippen LogP contribution in [0.15, 0.2) is 18.5 Å². The molecule has 0 amide bonds. The number of hydrogen-bond acceptors (Lipinski definition) is 3. The van der Waals surface area contributed by atoms with E-state index in [1.54, 1.807) is 6.07 Å². The van der Waals surface area contributed by atoms with Crippen LogP contribution < -0.4 is 0 Å². The highest BCUT2D eigenvalue weighted by Crippen LogP contribution is 2.03. The molecule has 1 aromatic rings. The van der Waals surface area contributed by atoms with Crippen LogP contribution in [0.25, 0.3) is 0 Å². The molecule has 0 aliphatic heterocycles. The maximum absolute atomic E-state index is 10.1. The van der Waals surface area contributed by atoms with E-state index in [9.17, 15) is 4.79 Å². The van der Waals surface area contributed by atoms with Gasteiger partial charge in [0, 0.05) is 18.8 Å². The highest BCUT2D eigenvalue weighted by atomic mass is 16.1. The van der Waals surface area contributed by atoms with E-state index in [2.05, 4.69) is 4.98 Å². The van der Waals surface area contributed by atoms with Gasteiger partial charge < -0.3 is 4.79 Å². The summed E-state index contributed by atoms with van der Waals surface area (Å²) in [5, 5.41) is 8.55. The number of nitriles is 1. The zero-order valence-corrected chi connectivity index (χ0v) is 5.82. The number of nitrogens with zero attached hydrogens (tertiary/aromatic N) is 2. The smallest absolute Gasteiger partial charge is 0.124 e. The van der Waals surface area contributed by atoms with E-state index < -0.39 is 0 Å². The molecule has 3 nitrogen and oxygen atoms in total. The van der Waals surface area contributed by atoms with Crippen LogP contribution in [0.4, 0.5) is 0 Å². The molecule has 0 N–H and O–H groups in total. The first-order valence-electron chi connectivity index (χ1n) is 3.15. The maximum atomic E-state index is 10.1. The predicted octanol–water partition coefficient (Wildman–Crippen LogP) is 0.695. The minimum Gasteiger partial charge on any atom is -0.303 e. The Morgan fingerprint density at radius 1 is 1.73 bits per heavy atom. The third-order valence-corrected chi connectivity index (χ3v) is 1.33. The van der Waals surface area contributed by atoms with E-state index in [1.807, 2.05) is 6.07 Å². The molecular weight excluding hydrogens is 140 g/mol. The molecule has 1 aromatic heterocycles. The van der Waals surface area contributed by atoms with E-state index in [-0.39, 0.29) is 6.42 Å². The summed E-state index contributed by atoms with van der Waals surface area (Å²) < 4.78 is 0. The summed E-state index contributed by atoms with van der Waals surface area (Å²) in [7, 11) is 0. The minimum absolute atomic E-state index is 0.261. The summed E-state index contributed by atoms with van der Waals surface area (Å²) in [6.07, 6.45) is 4.09. The molecule has 0 spiro atoms. The van der Waals surface area contributed by atoms with Crippen molar-refractivity contribution in [3.8, 4) is 6.07 Å². The Bertz CT molecular complexity index is 301. The highest BCUT2D eigenvalue weighted by molar-refractivity contribution is 5.57. The van der Waals surface area contributed by atoms with Crippen LogP contribution in [-0.4, -0.2) is 11.3 Å². The van der Waals surface area contributed by atoms with Gasteiger partial charge in [-0.25, -0.2) is 0 Å². The first kappa shape index (κ1) is 7.42. The lowest BCUT2D eigenvalue weighted by Crippen LogP contribution is -1.91. The number of rotatable bonds is 2. The summed E-state index contributed by atoms with van der Waals surface area (Å²) in [6.45, 7) is 0. The summed E-state index contributed by atoms with van der Waals surface area (Å²) in [5.41, 5.74) is 1.21. The Morgan fingerprint density at radius 3 is 3.18 bits per heavy atom. The molecule has 0 fully saturated rings. The van der Waals surface area contributed by atoms with Crippen molar-refractivity contribution in [2.75, 3.05) is 0 Å². The second-order valence-corrected chi connectivity index (χ2v) is 2.02. The van der Waals surface area contributed by atoms with Crippen LogP contribution in [0.2, 0.25) is 0 Å². The fourth-order valence-electron chi connectivity index (χ4n) is 0.789. The van der Waals surface area contributed by atoms with Gasteiger partial charge in [-0.1, -0.05) is 0 Å². The van der Waals surface area contributed by atoms with E-state index in [0.717, 1.165) is 6.29 Å². The number of aldehydes is 1. The van der Waals surface area contributed by atoms with Crippen molar-refractivity contribution >= 4 is 6.29 Å². The fraction of sp³-hybridized carbons (Fsp3) is 0.125. The lowest BCUT2D eigenvalue weighted by atomic mass is 10.1. The molecule has 0 aliphatic carbocycles. The first-order chi connectivity index (χ1) is 5.38. The molecule has 0 radical (unpaired) electrons. The molecule has 0 saturated heterocycles. The van der Waals surface area contributed by atoms with Crippen LogP contribution in [-0.2, 0) is 11.2 Å². The third-order valence-electron chi connectivity index (χ3n) is 1.33. The van der Waals surface area contributed by atoms with Crippen molar-refractivity contribution in [3.05, 3.63) is 29.6 Å². The van der Waals surface area contributed by atoms with E-state index in [0.29, 0.717) is 11.1 Å². The van der Waals surface area contributed by atoms with Gasteiger partial charge >= 0.3 is 0 Å². The predicted molar refractivity (Wildman–Crippen MR) is 38.7 cm³/mol. The lowest BCUT2D eigenvalue weighted by molar-refractivity contribution is -0.107. The van der Waals surface area contributed by atoms with Gasteiger partial charge in [-0.15, -0.1) is 0 Å². The molecule has 1 heterocycles. The summed E-state index contributed by atoms with van der Waals surface area (Å²) in [5.74, 6) is 0. The van der Waals surface area contributed by atoms with Crippen molar-refractivity contribution in [1.29, 1.82) is 5.26 Å². The molecule has 0 atom stereocenters. The standard InChI is InChI=1S/C8H6N2O/c9-5-7-1-3-10-6-8(7)2-4-11/h1,3-4,6H,2H2. The quantitative estimate of drug-likeness (QED) is 0.577. The maximum Gasteiger partial charge on any atom is 0.124 e. The van der Waals surface area contributed by atoms with Gasteiger partial charge in [0.1, 0.15) is 6.29 Å². The number of carbonyl (C=O) groups is 1. The largest absolute Gasteiger partial charge is 0.303 e. The molecule has 0 aliphatic rings. The molecule has 11 heavy (non-hydrogen) atoms. The van der Waals surface area contributed by atoms with Crippen molar-refractivity contribution in [3.63, 3.8) is 0 Å². The molecule has 0 saturated carbocycles. The SMILES string of the molecule is N#Cc1ccncc1CC=O. The van der Waals surface area contributed by atoms with Crippen LogP contribution in [0, 0.1) is 11.3 Å². The molecule has 3 heteroatoms. The summed E-state index contributed by atoms with van der Waals surface area (Å²) in [6, 6.07) is 3.58. The molecule has 0 bridgehead atoms. The van der Waals surface area contributed by atoms with Crippen LogP contribution >= 0.6 is 0 Å². The van der Waals surface area contributed by atoms with E-state index in [1.165, 1.54) is 12.4 Å². The van der Waals surface area contributed by atoms with Crippen molar-refractivity contribution in [1.82, 2.24) is 4.98 Å². The Balaban J connectivity index is 3.04. The average molecular weight is 146 g/mol. The lowest BCUT2D eigenvalue weighted by Gasteiger charge is -1.94. The van der Waals surface area contributed by atoms with E-state index >= 15 is 0 Å². The third kappa shape index (κ3) is 1.62. The number of aromatic nitrogens is 1. The van der Waals surface area contributed by atoms with Gasteiger partial charge in [-0.3, -0.25) is 4.98 Å². The Labute approximate surface area is 64.3 Å². The van der Waals surface area contributed by atoms with Crippen LogP contribution in [0.5, 0.6) is 0 Å². The highest BCUT2D eigenvalue weighted by Gasteiger charge is 1.98. The zero-order chi connectivity index (χ0) is 8.10. The molecular formula is C8H6N2O. The van der Waals surface area contributed by atoms with Gasteiger partial charge in [0.25, 0.3) is 0 Å². The molecule has 54 valence electrons. The molecule has 1 rings (SSSR count). The Hall–Kier alpha value is -1.69. The summed E-state index contributed by atoms with van der Waals surface area (Å²) >= 11 is 0.